The maximum atomic E-state index is 11.7. The van der Waals surface area contributed by atoms with Crippen molar-refractivity contribution in [2.75, 3.05) is 13.9 Å². The lowest BCUT2D eigenvalue weighted by molar-refractivity contribution is -0.385. The fraction of sp³-hybridized carbons (Fsp3) is 0.235. The van der Waals surface area contributed by atoms with E-state index in [2.05, 4.69) is 0 Å². The second kappa shape index (κ2) is 5.45. The molecule has 25 heavy (non-hydrogen) atoms. The van der Waals surface area contributed by atoms with E-state index in [1.54, 1.807) is 18.2 Å². The van der Waals surface area contributed by atoms with Gasteiger partial charge in [0.25, 0.3) is 5.69 Å². The number of aliphatic carboxylic acids is 1. The van der Waals surface area contributed by atoms with Crippen LogP contribution in [0, 0.1) is 10.1 Å². The zero-order valence-electron chi connectivity index (χ0n) is 13.1. The van der Waals surface area contributed by atoms with E-state index in [0.29, 0.717) is 27.5 Å². The molecular formula is C17H13NO7. The van der Waals surface area contributed by atoms with Gasteiger partial charge in [-0.05, 0) is 11.5 Å². The van der Waals surface area contributed by atoms with Crippen molar-refractivity contribution in [3.8, 4) is 5.75 Å². The van der Waals surface area contributed by atoms with Crippen molar-refractivity contribution in [2.45, 2.75) is 12.5 Å². The second-order valence-electron chi connectivity index (χ2n) is 5.73. The first-order valence-electron chi connectivity index (χ1n) is 7.52. The SMILES string of the molecule is COc1cccc2c3c(c([N+](=O)[O-])cc12)=C(C(=O)O)CC1OCOC=31. The number of ether oxygens (including phenoxy) is 3. The molecule has 2 aliphatic rings. The number of benzene rings is 2. The van der Waals surface area contributed by atoms with Crippen molar-refractivity contribution >= 4 is 33.8 Å². The fourth-order valence-electron chi connectivity index (χ4n) is 3.48. The van der Waals surface area contributed by atoms with E-state index < -0.39 is 17.0 Å². The molecule has 0 bridgehead atoms. The van der Waals surface area contributed by atoms with Crippen LogP contribution in [-0.4, -0.2) is 36.0 Å². The van der Waals surface area contributed by atoms with Gasteiger partial charge >= 0.3 is 5.97 Å². The first-order chi connectivity index (χ1) is 12.0. The molecule has 8 nitrogen and oxygen atoms in total. The van der Waals surface area contributed by atoms with Gasteiger partial charge in [0.2, 0.25) is 0 Å². The number of carboxylic acids is 1. The summed E-state index contributed by atoms with van der Waals surface area (Å²) in [5.74, 6) is -0.315. The smallest absolute Gasteiger partial charge is 0.332 e. The minimum Gasteiger partial charge on any atom is -0.496 e. The number of rotatable bonds is 3. The molecule has 1 N–H and O–H groups in total. The van der Waals surface area contributed by atoms with Crippen LogP contribution >= 0.6 is 0 Å². The molecular weight excluding hydrogens is 330 g/mol. The molecule has 0 aromatic heterocycles. The first kappa shape index (κ1) is 15.4. The Hall–Kier alpha value is -3.13. The summed E-state index contributed by atoms with van der Waals surface area (Å²) < 4.78 is 16.3. The molecule has 1 atom stereocenters. The van der Waals surface area contributed by atoms with Crippen molar-refractivity contribution in [3.05, 3.63) is 44.8 Å². The monoisotopic (exact) mass is 343 g/mol. The Balaban J connectivity index is 2.34. The van der Waals surface area contributed by atoms with E-state index in [0.717, 1.165) is 0 Å². The number of nitrogens with zero attached hydrogens (tertiary/aromatic N) is 1. The van der Waals surface area contributed by atoms with E-state index in [1.165, 1.54) is 13.2 Å². The number of non-ortho nitro benzene ring substituents is 1. The molecule has 128 valence electrons. The van der Waals surface area contributed by atoms with Crippen molar-refractivity contribution in [1.82, 2.24) is 0 Å². The predicted molar refractivity (Wildman–Crippen MR) is 86.3 cm³/mol. The van der Waals surface area contributed by atoms with Gasteiger partial charge in [-0.25, -0.2) is 4.79 Å². The van der Waals surface area contributed by atoms with E-state index in [9.17, 15) is 20.0 Å². The van der Waals surface area contributed by atoms with Crippen molar-refractivity contribution in [3.63, 3.8) is 0 Å². The molecule has 4 rings (SSSR count). The lowest BCUT2D eigenvalue weighted by Crippen LogP contribution is -2.40. The normalized spacial score (nSPS) is 18.5. The number of fused-ring (bicyclic) bond motifs is 4. The Bertz CT molecular complexity index is 1060. The maximum absolute atomic E-state index is 11.7. The summed E-state index contributed by atoms with van der Waals surface area (Å²) in [6.07, 6.45) is -0.538. The molecule has 1 fully saturated rings. The van der Waals surface area contributed by atoms with Gasteiger partial charge in [0.1, 0.15) is 17.6 Å². The summed E-state index contributed by atoms with van der Waals surface area (Å²) >= 11 is 0. The van der Waals surface area contributed by atoms with Gasteiger partial charge in [0.05, 0.1) is 22.8 Å². The van der Waals surface area contributed by atoms with Crippen molar-refractivity contribution < 1.29 is 29.0 Å². The van der Waals surface area contributed by atoms with Gasteiger partial charge in [0, 0.05) is 23.1 Å². The Kier molecular flexibility index (Phi) is 3.36. The van der Waals surface area contributed by atoms with Crippen LogP contribution in [0.1, 0.15) is 6.42 Å². The summed E-state index contributed by atoms with van der Waals surface area (Å²) in [4.78, 5) is 22.8. The van der Waals surface area contributed by atoms with Crippen molar-refractivity contribution in [2.24, 2.45) is 0 Å². The lowest BCUT2D eigenvalue weighted by Gasteiger charge is -2.17. The molecule has 1 aliphatic heterocycles. The number of nitro benzene ring substituents is 1. The topological polar surface area (TPSA) is 108 Å². The van der Waals surface area contributed by atoms with Crippen LogP contribution in [0.4, 0.5) is 5.69 Å². The van der Waals surface area contributed by atoms with Gasteiger partial charge in [-0.3, -0.25) is 10.1 Å². The third kappa shape index (κ3) is 2.14. The quantitative estimate of drug-likeness (QED) is 0.651. The number of hydrogen-bond acceptors (Lipinski definition) is 6. The summed E-state index contributed by atoms with van der Waals surface area (Å²) in [5.41, 5.74) is -0.337. The first-order valence-corrected chi connectivity index (χ1v) is 7.52. The third-order valence-electron chi connectivity index (χ3n) is 4.51. The third-order valence-corrected chi connectivity index (χ3v) is 4.51. The number of carboxylic acid groups (broad SMARTS) is 1. The molecule has 8 heteroatoms. The Morgan fingerprint density at radius 3 is 2.84 bits per heavy atom. The summed E-state index contributed by atoms with van der Waals surface area (Å²) in [6, 6.07) is 6.55. The molecule has 0 spiro atoms. The average molecular weight is 343 g/mol. The Morgan fingerprint density at radius 1 is 1.36 bits per heavy atom. The number of carbonyl (C=O) groups is 1. The standard InChI is InChI=1S/C17H13NO7/c1-23-12-4-2-3-8-9(12)5-11(18(21)22)14-10(17(19)20)6-13-16(15(8)14)25-7-24-13/h2-5,13H,6-7H2,1H3,(H,19,20). The average Bonchev–Trinajstić information content (AvgIpc) is 3.07. The zero-order chi connectivity index (χ0) is 17.7. The van der Waals surface area contributed by atoms with Crippen LogP contribution in [-0.2, 0) is 14.3 Å². The number of hydrogen-bond donors (Lipinski definition) is 1. The molecule has 2 aromatic rings. The summed E-state index contributed by atoms with van der Waals surface area (Å²) in [5, 5.41) is 22.9. The van der Waals surface area contributed by atoms with Crippen LogP contribution in [0.2, 0.25) is 0 Å². The van der Waals surface area contributed by atoms with Gasteiger partial charge in [-0.2, -0.15) is 0 Å². The minimum atomic E-state index is -1.21. The van der Waals surface area contributed by atoms with E-state index in [4.69, 9.17) is 14.2 Å². The van der Waals surface area contributed by atoms with Gasteiger partial charge in [-0.1, -0.05) is 12.1 Å². The van der Waals surface area contributed by atoms with Crippen LogP contribution in [0.25, 0.3) is 22.1 Å². The van der Waals surface area contributed by atoms with Crippen LogP contribution in [0.15, 0.2) is 24.3 Å². The molecule has 0 amide bonds. The molecule has 1 heterocycles. The lowest BCUT2D eigenvalue weighted by atomic mass is 9.91. The van der Waals surface area contributed by atoms with Crippen LogP contribution in [0.3, 0.4) is 0 Å². The molecule has 1 aliphatic carbocycles. The fourth-order valence-corrected chi connectivity index (χ4v) is 3.48. The highest BCUT2D eigenvalue weighted by Crippen LogP contribution is 2.31. The van der Waals surface area contributed by atoms with Gasteiger partial charge < -0.3 is 19.3 Å². The minimum absolute atomic E-state index is 0.0134. The van der Waals surface area contributed by atoms with Gasteiger partial charge in [0.15, 0.2) is 6.79 Å². The number of nitro groups is 1. The molecule has 1 saturated heterocycles. The Morgan fingerprint density at radius 2 is 2.16 bits per heavy atom. The van der Waals surface area contributed by atoms with Crippen LogP contribution in [0.5, 0.6) is 5.75 Å². The highest BCUT2D eigenvalue weighted by Gasteiger charge is 2.35. The maximum Gasteiger partial charge on any atom is 0.332 e. The molecule has 0 saturated carbocycles. The molecule has 0 radical (unpaired) electrons. The second-order valence-corrected chi connectivity index (χ2v) is 5.73. The van der Waals surface area contributed by atoms with E-state index in [1.807, 2.05) is 0 Å². The van der Waals surface area contributed by atoms with E-state index in [-0.39, 0.29) is 29.7 Å². The highest BCUT2D eigenvalue weighted by atomic mass is 16.7. The summed E-state index contributed by atoms with van der Waals surface area (Å²) in [6.45, 7) is -0.0134. The highest BCUT2D eigenvalue weighted by molar-refractivity contribution is 6.11. The molecule has 2 aromatic carbocycles. The predicted octanol–water partition coefficient (Wildman–Crippen LogP) is 0.877. The van der Waals surface area contributed by atoms with Crippen LogP contribution < -0.4 is 15.2 Å². The zero-order valence-corrected chi connectivity index (χ0v) is 13.1. The molecule has 1 unspecified atom stereocenters. The summed E-state index contributed by atoms with van der Waals surface area (Å²) in [7, 11) is 1.47. The Labute approximate surface area is 140 Å². The largest absolute Gasteiger partial charge is 0.496 e. The van der Waals surface area contributed by atoms with Gasteiger partial charge in [-0.15, -0.1) is 0 Å². The number of methoxy groups -OCH3 is 1. The van der Waals surface area contributed by atoms with Crippen molar-refractivity contribution in [1.29, 1.82) is 0 Å². The van der Waals surface area contributed by atoms with E-state index >= 15 is 0 Å².